The maximum Gasteiger partial charge on any atom is 0.274 e. The van der Waals surface area contributed by atoms with Gasteiger partial charge in [-0.05, 0) is 31.2 Å². The summed E-state index contributed by atoms with van der Waals surface area (Å²) in [4.78, 5) is 12.4. The minimum atomic E-state index is -0.296. The topological polar surface area (TPSA) is 73.0 Å². The summed E-state index contributed by atoms with van der Waals surface area (Å²) in [6, 6.07) is 18.9. The second-order valence-electron chi connectivity index (χ2n) is 5.77. The lowest BCUT2D eigenvalue weighted by Crippen LogP contribution is -2.26. The van der Waals surface area contributed by atoms with E-state index in [1.54, 1.807) is 10.9 Å². The molecular formula is C19H16N4O2. The Morgan fingerprint density at radius 3 is 2.68 bits per heavy atom. The van der Waals surface area contributed by atoms with E-state index in [0.29, 0.717) is 5.76 Å². The summed E-state index contributed by atoms with van der Waals surface area (Å²) in [5.41, 5.74) is 1.90. The number of carbonyl (C=O) groups is 1. The lowest BCUT2D eigenvalue weighted by atomic mass is 10.2. The van der Waals surface area contributed by atoms with Crippen LogP contribution >= 0.6 is 0 Å². The maximum atomic E-state index is 12.4. The normalized spacial score (nSPS) is 12.2. The number of hydrogen-bond acceptors (Lipinski definition) is 4. The van der Waals surface area contributed by atoms with Crippen molar-refractivity contribution in [2.24, 2.45) is 0 Å². The number of furan rings is 1. The van der Waals surface area contributed by atoms with Crippen molar-refractivity contribution in [1.82, 2.24) is 20.3 Å². The number of aromatic nitrogens is 3. The molecule has 0 aliphatic heterocycles. The van der Waals surface area contributed by atoms with Crippen molar-refractivity contribution < 1.29 is 9.21 Å². The van der Waals surface area contributed by atoms with Crippen LogP contribution in [0.3, 0.4) is 0 Å². The van der Waals surface area contributed by atoms with Gasteiger partial charge in [0.25, 0.3) is 5.91 Å². The van der Waals surface area contributed by atoms with E-state index in [4.69, 9.17) is 4.42 Å². The van der Waals surface area contributed by atoms with Crippen molar-refractivity contribution in [2.75, 3.05) is 0 Å². The van der Waals surface area contributed by atoms with E-state index in [0.717, 1.165) is 16.7 Å². The number of para-hydroxylation sites is 2. The number of nitrogens with one attached hydrogen (secondary N) is 1. The first-order valence-electron chi connectivity index (χ1n) is 7.98. The van der Waals surface area contributed by atoms with Crippen LogP contribution in [0.15, 0.2) is 71.3 Å². The Morgan fingerprint density at radius 1 is 1.12 bits per heavy atom. The highest BCUT2D eigenvalue weighted by molar-refractivity contribution is 5.92. The van der Waals surface area contributed by atoms with Gasteiger partial charge >= 0.3 is 0 Å². The van der Waals surface area contributed by atoms with E-state index < -0.39 is 0 Å². The Morgan fingerprint density at radius 2 is 1.88 bits per heavy atom. The number of carbonyl (C=O) groups excluding carboxylic acids is 1. The van der Waals surface area contributed by atoms with Crippen LogP contribution < -0.4 is 5.32 Å². The Labute approximate surface area is 144 Å². The molecule has 0 radical (unpaired) electrons. The Hall–Kier alpha value is -3.41. The molecule has 1 unspecified atom stereocenters. The van der Waals surface area contributed by atoms with Gasteiger partial charge in [-0.2, -0.15) is 0 Å². The molecule has 2 heterocycles. The predicted molar refractivity (Wildman–Crippen MR) is 93.5 cm³/mol. The molecular weight excluding hydrogens is 316 g/mol. The monoisotopic (exact) mass is 332 g/mol. The van der Waals surface area contributed by atoms with E-state index in [2.05, 4.69) is 15.6 Å². The molecule has 4 aromatic rings. The molecule has 0 aliphatic rings. The van der Waals surface area contributed by atoms with Crippen molar-refractivity contribution in [3.63, 3.8) is 0 Å². The molecule has 1 amide bonds. The Kier molecular flexibility index (Phi) is 3.78. The molecule has 25 heavy (non-hydrogen) atoms. The predicted octanol–water partition coefficient (Wildman–Crippen LogP) is 3.50. The fourth-order valence-electron chi connectivity index (χ4n) is 2.63. The molecule has 0 saturated carbocycles. The number of hydrogen-bond donors (Lipinski definition) is 1. The molecule has 2 aromatic carbocycles. The molecule has 124 valence electrons. The van der Waals surface area contributed by atoms with Gasteiger partial charge in [0.2, 0.25) is 0 Å². The molecule has 0 spiro atoms. The van der Waals surface area contributed by atoms with Gasteiger partial charge in [-0.15, -0.1) is 5.10 Å². The summed E-state index contributed by atoms with van der Waals surface area (Å²) < 4.78 is 7.36. The van der Waals surface area contributed by atoms with Crippen LogP contribution in [-0.2, 0) is 0 Å². The van der Waals surface area contributed by atoms with Gasteiger partial charge in [-0.25, -0.2) is 4.68 Å². The Balaban J connectivity index is 1.51. The molecule has 0 aliphatic carbocycles. The van der Waals surface area contributed by atoms with Crippen LogP contribution in [0.5, 0.6) is 0 Å². The largest absolute Gasteiger partial charge is 0.459 e. The summed E-state index contributed by atoms with van der Waals surface area (Å²) in [6.07, 6.45) is 1.61. The fourth-order valence-corrected chi connectivity index (χ4v) is 2.63. The average molecular weight is 332 g/mol. The highest BCUT2D eigenvalue weighted by Gasteiger charge is 2.17. The van der Waals surface area contributed by atoms with E-state index in [1.807, 2.05) is 67.6 Å². The number of amides is 1. The molecule has 4 rings (SSSR count). The molecule has 0 fully saturated rings. The van der Waals surface area contributed by atoms with E-state index in [9.17, 15) is 4.79 Å². The van der Waals surface area contributed by atoms with Crippen LogP contribution in [0, 0.1) is 0 Å². The average Bonchev–Trinajstić information content (AvgIpc) is 3.29. The molecule has 6 nitrogen and oxygen atoms in total. The molecule has 1 atom stereocenters. The molecule has 2 aromatic heterocycles. The first-order valence-corrected chi connectivity index (χ1v) is 7.98. The standard InChI is InChI=1S/C19H16N4O2/c1-13(18-11-14-7-5-6-10-17(14)25-18)20-19(24)16-12-23(22-21-16)15-8-3-2-4-9-15/h2-13H,1H3,(H,20,24). The Bertz CT molecular complexity index is 987. The number of benzene rings is 2. The third kappa shape index (κ3) is 3.01. The summed E-state index contributed by atoms with van der Waals surface area (Å²) in [5, 5.41) is 11.9. The first kappa shape index (κ1) is 15.1. The first-order chi connectivity index (χ1) is 12.2. The van der Waals surface area contributed by atoms with Gasteiger partial charge < -0.3 is 9.73 Å². The summed E-state index contributed by atoms with van der Waals surface area (Å²) >= 11 is 0. The molecule has 6 heteroatoms. The smallest absolute Gasteiger partial charge is 0.274 e. The third-order valence-corrected chi connectivity index (χ3v) is 3.97. The van der Waals surface area contributed by atoms with Crippen molar-refractivity contribution >= 4 is 16.9 Å². The summed E-state index contributed by atoms with van der Waals surface area (Å²) in [7, 11) is 0. The highest BCUT2D eigenvalue weighted by atomic mass is 16.3. The fraction of sp³-hybridized carbons (Fsp3) is 0.105. The zero-order chi connectivity index (χ0) is 17.2. The zero-order valence-electron chi connectivity index (χ0n) is 13.6. The summed E-state index contributed by atoms with van der Waals surface area (Å²) in [6.45, 7) is 1.87. The van der Waals surface area contributed by atoms with Crippen LogP contribution in [0.25, 0.3) is 16.7 Å². The number of nitrogens with zero attached hydrogens (tertiary/aromatic N) is 3. The third-order valence-electron chi connectivity index (χ3n) is 3.97. The molecule has 1 N–H and O–H groups in total. The van der Waals surface area contributed by atoms with Gasteiger partial charge in [-0.1, -0.05) is 41.6 Å². The summed E-state index contributed by atoms with van der Waals surface area (Å²) in [5.74, 6) is 0.403. The minimum Gasteiger partial charge on any atom is -0.459 e. The van der Waals surface area contributed by atoms with Crippen LogP contribution in [0.2, 0.25) is 0 Å². The van der Waals surface area contributed by atoms with Crippen LogP contribution in [-0.4, -0.2) is 20.9 Å². The quantitative estimate of drug-likeness (QED) is 0.621. The number of rotatable bonds is 4. The van der Waals surface area contributed by atoms with E-state index in [-0.39, 0.29) is 17.6 Å². The van der Waals surface area contributed by atoms with Crippen molar-refractivity contribution in [2.45, 2.75) is 13.0 Å². The lowest BCUT2D eigenvalue weighted by Gasteiger charge is -2.09. The SMILES string of the molecule is CC(NC(=O)c1cn(-c2ccccc2)nn1)c1cc2ccccc2o1. The number of fused-ring (bicyclic) bond motifs is 1. The van der Waals surface area contributed by atoms with Crippen LogP contribution in [0.1, 0.15) is 29.2 Å². The van der Waals surface area contributed by atoms with Crippen molar-refractivity contribution in [1.29, 1.82) is 0 Å². The van der Waals surface area contributed by atoms with Gasteiger partial charge in [-0.3, -0.25) is 4.79 Å². The second kappa shape index (κ2) is 6.24. The van der Waals surface area contributed by atoms with E-state index >= 15 is 0 Å². The van der Waals surface area contributed by atoms with Crippen molar-refractivity contribution in [3.8, 4) is 5.69 Å². The zero-order valence-corrected chi connectivity index (χ0v) is 13.6. The van der Waals surface area contributed by atoms with Gasteiger partial charge in [0, 0.05) is 5.39 Å². The van der Waals surface area contributed by atoms with E-state index in [1.165, 1.54) is 0 Å². The van der Waals surface area contributed by atoms with Crippen LogP contribution in [0.4, 0.5) is 0 Å². The lowest BCUT2D eigenvalue weighted by molar-refractivity contribution is 0.0930. The highest BCUT2D eigenvalue weighted by Crippen LogP contribution is 2.23. The van der Waals surface area contributed by atoms with Gasteiger partial charge in [0.1, 0.15) is 11.3 Å². The minimum absolute atomic E-state index is 0.256. The van der Waals surface area contributed by atoms with Crippen molar-refractivity contribution in [3.05, 3.63) is 78.3 Å². The second-order valence-corrected chi connectivity index (χ2v) is 5.77. The molecule has 0 bridgehead atoms. The van der Waals surface area contributed by atoms with Gasteiger partial charge in [0.05, 0.1) is 17.9 Å². The molecule has 0 saturated heterocycles. The van der Waals surface area contributed by atoms with Gasteiger partial charge in [0.15, 0.2) is 5.69 Å². The maximum absolute atomic E-state index is 12.4.